The molecule has 5 atom stereocenters. The number of esters is 1. The second-order valence-corrected chi connectivity index (χ2v) is 14.0. The molecule has 5 rings (SSSR count). The van der Waals surface area contributed by atoms with Crippen LogP contribution < -0.4 is 0 Å². The van der Waals surface area contributed by atoms with Gasteiger partial charge in [0, 0.05) is 0 Å². The first-order valence-electron chi connectivity index (χ1n) is 12.9. The zero-order valence-corrected chi connectivity index (χ0v) is 24.6. The van der Waals surface area contributed by atoms with E-state index in [0.29, 0.717) is 0 Å². The Labute approximate surface area is 245 Å². The SMILES string of the molecule is C[C@]1(COP(=O)(OCc2ccccc2)OCc2ccccc2)[C@H](C(=O)OCc2ccccc2)N2C(=O)[C@H](Cl)[C@H]2S1=O. The molecule has 1 amide bonds. The Bertz CT molecular complexity index is 1400. The average Bonchev–Trinajstić information content (AvgIpc) is 3.22. The standard InChI is InChI=1S/C29H29ClNO8PS/c1-29(20-39-40(34,37-18-22-13-7-3-8-14-22)38-19-23-15-9-4-10-16-23)25(31-26(32)24(30)27(31)41(29)35)28(33)36-17-21-11-5-2-6-12-21/h2-16,24-25,27H,17-20H2,1H3/t24-,25-,27+,29-,41?/m0/s1. The number of nitrogens with zero attached hydrogens (tertiary/aromatic N) is 1. The fourth-order valence-electron chi connectivity index (χ4n) is 4.70. The van der Waals surface area contributed by atoms with Gasteiger partial charge in [-0.1, -0.05) is 91.0 Å². The molecule has 0 aromatic heterocycles. The maximum Gasteiger partial charge on any atom is 0.475 e. The smallest absolute Gasteiger partial charge is 0.459 e. The van der Waals surface area contributed by atoms with Crippen LogP contribution in [-0.4, -0.2) is 49.1 Å². The van der Waals surface area contributed by atoms with Crippen LogP contribution >= 0.6 is 19.4 Å². The van der Waals surface area contributed by atoms with Gasteiger partial charge >= 0.3 is 13.8 Å². The highest BCUT2D eigenvalue weighted by Crippen LogP contribution is 2.54. The predicted octanol–water partition coefficient (Wildman–Crippen LogP) is 4.95. The number of phosphoric ester groups is 1. The van der Waals surface area contributed by atoms with E-state index in [-0.39, 0.29) is 19.8 Å². The number of hydrogen-bond acceptors (Lipinski definition) is 8. The third-order valence-corrected chi connectivity index (χ3v) is 11.1. The predicted molar refractivity (Wildman–Crippen MR) is 153 cm³/mol. The Morgan fingerprint density at radius 3 is 1.80 bits per heavy atom. The number of amides is 1. The summed E-state index contributed by atoms with van der Waals surface area (Å²) in [5, 5.41) is -1.97. The van der Waals surface area contributed by atoms with Crippen molar-refractivity contribution in [3.8, 4) is 0 Å². The molecule has 2 fully saturated rings. The molecule has 0 aliphatic carbocycles. The summed E-state index contributed by atoms with van der Waals surface area (Å²) in [6.45, 7) is 0.828. The molecule has 2 aliphatic heterocycles. The summed E-state index contributed by atoms with van der Waals surface area (Å²) in [4.78, 5) is 27.3. The Balaban J connectivity index is 1.36. The molecule has 2 saturated heterocycles. The van der Waals surface area contributed by atoms with E-state index < -0.39 is 58.6 Å². The summed E-state index contributed by atoms with van der Waals surface area (Å²) < 4.78 is 48.7. The lowest BCUT2D eigenvalue weighted by Gasteiger charge is -2.40. The van der Waals surface area contributed by atoms with Crippen molar-refractivity contribution in [2.24, 2.45) is 0 Å². The molecular formula is C29H29ClNO8PS. The van der Waals surface area contributed by atoms with E-state index in [0.717, 1.165) is 16.7 Å². The van der Waals surface area contributed by atoms with E-state index in [1.165, 1.54) is 11.8 Å². The van der Waals surface area contributed by atoms with Crippen LogP contribution in [0, 0.1) is 0 Å². The summed E-state index contributed by atoms with van der Waals surface area (Å²) in [6.07, 6.45) is 0. The number of carbonyl (C=O) groups excluding carboxylic acids is 2. The van der Waals surface area contributed by atoms with Gasteiger partial charge < -0.3 is 9.64 Å². The second kappa shape index (κ2) is 12.6. The van der Waals surface area contributed by atoms with E-state index in [9.17, 15) is 18.4 Å². The first-order valence-corrected chi connectivity index (χ1v) is 16.0. The van der Waals surface area contributed by atoms with Crippen LogP contribution in [0.3, 0.4) is 0 Å². The number of hydrogen-bond donors (Lipinski definition) is 0. The van der Waals surface area contributed by atoms with Crippen LogP contribution in [0.15, 0.2) is 91.0 Å². The zero-order valence-electron chi connectivity index (χ0n) is 22.2. The normalized spacial score (nSPS) is 25.4. The van der Waals surface area contributed by atoms with Gasteiger partial charge in [-0.2, -0.15) is 0 Å². The molecule has 216 valence electrons. The fourth-order valence-corrected chi connectivity index (χ4v) is 8.48. The molecule has 41 heavy (non-hydrogen) atoms. The number of carbonyl (C=O) groups is 2. The van der Waals surface area contributed by atoms with Gasteiger partial charge in [0.15, 0.2) is 0 Å². The van der Waals surface area contributed by atoms with Crippen LogP contribution in [-0.2, 0) is 63.1 Å². The molecule has 0 spiro atoms. The van der Waals surface area contributed by atoms with Crippen LogP contribution in [0.1, 0.15) is 23.6 Å². The lowest BCUT2D eigenvalue weighted by molar-refractivity contribution is -0.162. The Hall–Kier alpha value is -2.85. The minimum atomic E-state index is -4.26. The highest BCUT2D eigenvalue weighted by molar-refractivity contribution is 7.87. The molecule has 3 aromatic rings. The number of phosphoric acid groups is 1. The Kier molecular flexibility index (Phi) is 9.09. The van der Waals surface area contributed by atoms with Gasteiger partial charge in [-0.15, -0.1) is 11.6 Å². The third-order valence-electron chi connectivity index (χ3n) is 6.97. The third kappa shape index (κ3) is 6.33. The molecule has 1 unspecified atom stereocenters. The van der Waals surface area contributed by atoms with Gasteiger partial charge in [0.25, 0.3) is 0 Å². The van der Waals surface area contributed by atoms with Gasteiger partial charge in [0.05, 0.1) is 30.6 Å². The first-order chi connectivity index (χ1) is 19.7. The first kappa shape index (κ1) is 29.6. The molecule has 3 aromatic carbocycles. The summed E-state index contributed by atoms with van der Waals surface area (Å²) in [6, 6.07) is 25.9. The molecule has 12 heteroatoms. The number of β-lactam (4-membered cyclic amide) rings is 1. The lowest BCUT2D eigenvalue weighted by atomic mass is 9.97. The minimum absolute atomic E-state index is 0.0460. The van der Waals surface area contributed by atoms with Crippen molar-refractivity contribution in [1.82, 2.24) is 4.90 Å². The zero-order chi connectivity index (χ0) is 29.0. The number of benzene rings is 3. The van der Waals surface area contributed by atoms with Crippen molar-refractivity contribution in [1.29, 1.82) is 0 Å². The monoisotopic (exact) mass is 617 g/mol. The van der Waals surface area contributed by atoms with Gasteiger partial charge in [0.2, 0.25) is 5.91 Å². The topological polar surface area (TPSA) is 108 Å². The maximum absolute atomic E-state index is 13.9. The molecule has 2 aliphatic rings. The van der Waals surface area contributed by atoms with Crippen molar-refractivity contribution in [2.45, 2.75) is 48.3 Å². The molecular weight excluding hydrogens is 589 g/mol. The molecule has 0 saturated carbocycles. The quantitative estimate of drug-likeness (QED) is 0.122. The largest absolute Gasteiger partial charge is 0.475 e. The number of ether oxygens (including phenoxy) is 1. The van der Waals surface area contributed by atoms with E-state index >= 15 is 0 Å². The number of rotatable bonds is 12. The van der Waals surface area contributed by atoms with Gasteiger partial charge in [-0.3, -0.25) is 22.6 Å². The summed E-state index contributed by atoms with van der Waals surface area (Å²) in [5.41, 5.74) is 2.21. The summed E-state index contributed by atoms with van der Waals surface area (Å²) in [5.74, 6) is -1.29. The van der Waals surface area contributed by atoms with E-state index in [1.807, 2.05) is 42.5 Å². The maximum atomic E-state index is 13.9. The van der Waals surface area contributed by atoms with Crippen molar-refractivity contribution < 1.29 is 36.7 Å². The van der Waals surface area contributed by atoms with Crippen LogP contribution in [0.25, 0.3) is 0 Å². The van der Waals surface area contributed by atoms with Gasteiger partial charge in [-0.25, -0.2) is 9.36 Å². The average molecular weight is 618 g/mol. The van der Waals surface area contributed by atoms with Gasteiger partial charge in [-0.05, 0) is 23.6 Å². The molecule has 0 bridgehead atoms. The highest BCUT2D eigenvalue weighted by Gasteiger charge is 2.70. The van der Waals surface area contributed by atoms with Crippen molar-refractivity contribution in [3.05, 3.63) is 108 Å². The molecule has 0 N–H and O–H groups in total. The van der Waals surface area contributed by atoms with Crippen molar-refractivity contribution >= 4 is 42.1 Å². The fraction of sp³-hybridized carbons (Fsp3) is 0.310. The molecule has 9 nitrogen and oxygen atoms in total. The second-order valence-electron chi connectivity index (χ2n) is 9.88. The minimum Gasteiger partial charge on any atom is -0.459 e. The van der Waals surface area contributed by atoms with Crippen molar-refractivity contribution in [3.63, 3.8) is 0 Å². The van der Waals surface area contributed by atoms with Crippen LogP contribution in [0.5, 0.6) is 0 Å². The molecule has 2 heterocycles. The summed E-state index contributed by atoms with van der Waals surface area (Å²) >= 11 is 6.21. The number of fused-ring (bicyclic) bond motifs is 1. The summed E-state index contributed by atoms with van der Waals surface area (Å²) in [7, 11) is -6.13. The van der Waals surface area contributed by atoms with Crippen LogP contribution in [0.2, 0.25) is 0 Å². The molecule has 0 radical (unpaired) electrons. The highest BCUT2D eigenvalue weighted by atomic mass is 35.5. The Morgan fingerprint density at radius 2 is 1.32 bits per heavy atom. The number of halogens is 1. The van der Waals surface area contributed by atoms with E-state index in [4.69, 9.17) is 29.9 Å². The van der Waals surface area contributed by atoms with Gasteiger partial charge in [0.1, 0.15) is 28.1 Å². The van der Waals surface area contributed by atoms with Crippen LogP contribution in [0.4, 0.5) is 0 Å². The van der Waals surface area contributed by atoms with E-state index in [1.54, 1.807) is 48.5 Å². The van der Waals surface area contributed by atoms with Crippen molar-refractivity contribution in [2.75, 3.05) is 6.61 Å². The van der Waals surface area contributed by atoms with E-state index in [2.05, 4.69) is 0 Å². The lowest BCUT2D eigenvalue weighted by Crippen LogP contribution is -2.64. The Morgan fingerprint density at radius 1 is 0.854 bits per heavy atom. The number of alkyl halides is 1.